The lowest BCUT2D eigenvalue weighted by molar-refractivity contribution is -0.143. The van der Waals surface area contributed by atoms with Crippen LogP contribution in [0.3, 0.4) is 0 Å². The maximum absolute atomic E-state index is 13.4. The Bertz CT molecular complexity index is 1490. The average molecular weight is 676 g/mol. The van der Waals surface area contributed by atoms with Crippen molar-refractivity contribution in [2.45, 2.75) is 44.4 Å². The molecule has 14 heteroatoms. The lowest BCUT2D eigenvalue weighted by Crippen LogP contribution is -2.31. The fourth-order valence-electron chi connectivity index (χ4n) is 4.53. The van der Waals surface area contributed by atoms with E-state index in [2.05, 4.69) is 15.9 Å². The minimum absolute atomic E-state index is 0.0161. The molecule has 3 aromatic rings. The molecule has 1 aliphatic heterocycles. The first-order valence-electron chi connectivity index (χ1n) is 12.6. The van der Waals surface area contributed by atoms with Gasteiger partial charge in [0, 0.05) is 10.0 Å². The van der Waals surface area contributed by atoms with E-state index in [-0.39, 0.29) is 30.5 Å². The molecule has 0 aliphatic carbocycles. The van der Waals surface area contributed by atoms with Gasteiger partial charge >= 0.3 is 24.4 Å². The van der Waals surface area contributed by atoms with Crippen molar-refractivity contribution in [1.82, 2.24) is 4.90 Å². The summed E-state index contributed by atoms with van der Waals surface area (Å²) in [5, 5.41) is 0. The van der Waals surface area contributed by atoms with Crippen LogP contribution in [0.2, 0.25) is 0 Å². The molecule has 0 spiro atoms. The molecule has 2 atom stereocenters. The molecule has 1 amide bonds. The zero-order chi connectivity index (χ0) is 31.7. The van der Waals surface area contributed by atoms with Crippen LogP contribution in [0.25, 0.3) is 0 Å². The highest BCUT2D eigenvalue weighted by atomic mass is 79.9. The number of cyclic esters (lactones) is 1. The maximum Gasteiger partial charge on any atom is 0.416 e. The van der Waals surface area contributed by atoms with Crippen molar-refractivity contribution in [1.29, 1.82) is 0 Å². The predicted molar refractivity (Wildman–Crippen MR) is 144 cm³/mol. The summed E-state index contributed by atoms with van der Waals surface area (Å²) in [5.41, 5.74) is -2.46. The molecular weight excluding hydrogens is 652 g/mol. The number of alkyl halides is 6. The number of hydrogen-bond donors (Lipinski definition) is 0. The summed E-state index contributed by atoms with van der Waals surface area (Å²) in [5.74, 6) is 0.366. The Hall–Kier alpha value is -3.94. The molecule has 0 radical (unpaired) electrons. The van der Waals surface area contributed by atoms with Crippen LogP contribution in [0.15, 0.2) is 59.1 Å². The summed E-state index contributed by atoms with van der Waals surface area (Å²) in [6.45, 7) is 1.29. The Morgan fingerprint density at radius 1 is 0.907 bits per heavy atom. The average Bonchev–Trinajstić information content (AvgIpc) is 3.21. The molecule has 3 aromatic carbocycles. The van der Waals surface area contributed by atoms with Crippen LogP contribution < -0.4 is 9.47 Å². The van der Waals surface area contributed by atoms with E-state index in [4.69, 9.17) is 18.9 Å². The Morgan fingerprint density at radius 2 is 1.53 bits per heavy atom. The number of halogens is 7. The van der Waals surface area contributed by atoms with Crippen LogP contribution in [0.1, 0.15) is 40.8 Å². The summed E-state index contributed by atoms with van der Waals surface area (Å²) in [7, 11) is 2.68. The van der Waals surface area contributed by atoms with Crippen molar-refractivity contribution < 1.29 is 54.9 Å². The number of esters is 1. The van der Waals surface area contributed by atoms with Crippen molar-refractivity contribution in [3.8, 4) is 17.2 Å². The van der Waals surface area contributed by atoms with Gasteiger partial charge < -0.3 is 18.9 Å². The monoisotopic (exact) mass is 675 g/mol. The van der Waals surface area contributed by atoms with E-state index < -0.39 is 53.3 Å². The van der Waals surface area contributed by atoms with Crippen LogP contribution >= 0.6 is 15.9 Å². The third kappa shape index (κ3) is 7.35. The number of benzene rings is 3. The molecule has 1 saturated heterocycles. The van der Waals surface area contributed by atoms with Gasteiger partial charge in [-0.25, -0.2) is 4.79 Å². The van der Waals surface area contributed by atoms with Crippen LogP contribution in [0, 0.1) is 0 Å². The highest BCUT2D eigenvalue weighted by Gasteiger charge is 2.43. The van der Waals surface area contributed by atoms with Gasteiger partial charge in [-0.1, -0.05) is 22.0 Å². The fraction of sp³-hybridized carbons (Fsp3) is 0.310. The molecule has 0 unspecified atom stereocenters. The summed E-state index contributed by atoms with van der Waals surface area (Å²) in [4.78, 5) is 25.8. The Kier molecular flexibility index (Phi) is 9.19. The second-order valence-corrected chi connectivity index (χ2v) is 10.5. The SMILES string of the molecule is COC(=O)Cc1ccc(OC)c(Oc2ccc(Br)cc2CN2C(=O)O[C@@H](c3cc(C(F)(F)F)cc(C(F)(F)F)c3)[C@H]2C)c1. The standard InChI is InChI=1S/C29H24BrF6NO6/c1-15-26(17-10-19(28(31,32)33)13-20(11-17)29(34,35)36)43-27(39)37(15)14-18-12-21(30)5-7-22(18)42-24-8-16(9-25(38)41-3)4-6-23(24)40-2/h4-8,10-13,15,26H,9,14H2,1-3H3/t15-,26-/m1/s1. The zero-order valence-electron chi connectivity index (χ0n) is 22.8. The van der Waals surface area contributed by atoms with E-state index >= 15 is 0 Å². The molecule has 1 fully saturated rings. The van der Waals surface area contributed by atoms with E-state index in [0.29, 0.717) is 33.5 Å². The number of ether oxygens (including phenoxy) is 4. The first-order valence-corrected chi connectivity index (χ1v) is 13.4. The smallest absolute Gasteiger partial charge is 0.416 e. The summed E-state index contributed by atoms with van der Waals surface area (Å²) < 4.78 is 103. The summed E-state index contributed by atoms with van der Waals surface area (Å²) in [6, 6.07) is 9.89. The third-order valence-corrected chi connectivity index (χ3v) is 7.21. The number of rotatable bonds is 8. The Balaban J connectivity index is 1.65. The number of carbonyl (C=O) groups is 2. The molecule has 0 N–H and O–H groups in total. The van der Waals surface area contributed by atoms with Gasteiger partial charge in [0.15, 0.2) is 11.5 Å². The van der Waals surface area contributed by atoms with Crippen molar-refractivity contribution in [3.05, 3.63) is 86.9 Å². The topological polar surface area (TPSA) is 74.3 Å². The van der Waals surface area contributed by atoms with Gasteiger partial charge in [-0.15, -0.1) is 0 Å². The highest BCUT2D eigenvalue weighted by Crippen LogP contribution is 2.42. The molecule has 0 saturated carbocycles. The lowest BCUT2D eigenvalue weighted by atomic mass is 9.97. The molecular formula is C29H24BrF6NO6. The van der Waals surface area contributed by atoms with Gasteiger partial charge in [0.2, 0.25) is 0 Å². The molecule has 43 heavy (non-hydrogen) atoms. The van der Waals surface area contributed by atoms with E-state index in [1.54, 1.807) is 36.4 Å². The predicted octanol–water partition coefficient (Wildman–Crippen LogP) is 8.09. The van der Waals surface area contributed by atoms with E-state index in [9.17, 15) is 35.9 Å². The quantitative estimate of drug-likeness (QED) is 0.178. The molecule has 1 heterocycles. The third-order valence-electron chi connectivity index (χ3n) is 6.72. The fourth-order valence-corrected chi connectivity index (χ4v) is 4.93. The normalized spacial score (nSPS) is 17.1. The maximum atomic E-state index is 13.4. The van der Waals surface area contributed by atoms with E-state index in [1.165, 1.54) is 26.0 Å². The highest BCUT2D eigenvalue weighted by molar-refractivity contribution is 9.10. The zero-order valence-corrected chi connectivity index (χ0v) is 24.4. The van der Waals surface area contributed by atoms with Gasteiger partial charge in [0.05, 0.1) is 44.4 Å². The second-order valence-electron chi connectivity index (χ2n) is 9.60. The van der Waals surface area contributed by atoms with Crippen LogP contribution in [-0.4, -0.2) is 37.2 Å². The molecule has 0 aromatic heterocycles. The number of carbonyl (C=O) groups excluding carboxylic acids is 2. The van der Waals surface area contributed by atoms with Crippen molar-refractivity contribution in [3.63, 3.8) is 0 Å². The van der Waals surface area contributed by atoms with Gasteiger partial charge in [-0.05, 0) is 66.6 Å². The van der Waals surface area contributed by atoms with Crippen LogP contribution in [0.5, 0.6) is 17.2 Å². The number of amides is 1. The van der Waals surface area contributed by atoms with Crippen molar-refractivity contribution in [2.75, 3.05) is 14.2 Å². The molecule has 1 aliphatic rings. The van der Waals surface area contributed by atoms with E-state index in [1.807, 2.05) is 0 Å². The number of nitrogens with zero attached hydrogens (tertiary/aromatic N) is 1. The lowest BCUT2D eigenvalue weighted by Gasteiger charge is -2.23. The Labute approximate surface area is 250 Å². The minimum Gasteiger partial charge on any atom is -0.493 e. The Morgan fingerprint density at radius 3 is 2.12 bits per heavy atom. The summed E-state index contributed by atoms with van der Waals surface area (Å²) >= 11 is 3.36. The summed E-state index contributed by atoms with van der Waals surface area (Å²) in [6.07, 6.45) is -12.5. The van der Waals surface area contributed by atoms with Gasteiger partial charge in [-0.2, -0.15) is 26.3 Å². The molecule has 7 nitrogen and oxygen atoms in total. The first kappa shape index (κ1) is 32.0. The second kappa shape index (κ2) is 12.3. The molecule has 230 valence electrons. The van der Waals surface area contributed by atoms with Crippen molar-refractivity contribution >= 4 is 28.0 Å². The minimum atomic E-state index is -5.06. The molecule has 4 rings (SSSR count). The molecule has 0 bridgehead atoms. The van der Waals surface area contributed by atoms with Gasteiger partial charge in [-0.3, -0.25) is 9.69 Å². The largest absolute Gasteiger partial charge is 0.493 e. The van der Waals surface area contributed by atoms with Crippen LogP contribution in [-0.2, 0) is 39.6 Å². The van der Waals surface area contributed by atoms with Gasteiger partial charge in [0.25, 0.3) is 0 Å². The first-order chi connectivity index (χ1) is 20.1. The van der Waals surface area contributed by atoms with E-state index in [0.717, 1.165) is 0 Å². The van der Waals surface area contributed by atoms with Gasteiger partial charge in [0.1, 0.15) is 11.9 Å². The number of methoxy groups -OCH3 is 2. The van der Waals surface area contributed by atoms with Crippen molar-refractivity contribution in [2.24, 2.45) is 0 Å². The number of hydrogen-bond acceptors (Lipinski definition) is 6. The van der Waals surface area contributed by atoms with Crippen LogP contribution in [0.4, 0.5) is 31.1 Å².